The molecule has 14 heavy (non-hydrogen) atoms. The lowest BCUT2D eigenvalue weighted by atomic mass is 10.2. The van der Waals surface area contributed by atoms with Crippen LogP contribution in [0.15, 0.2) is 27.6 Å². The number of rotatable bonds is 4. The van der Waals surface area contributed by atoms with Gasteiger partial charge >= 0.3 is 0 Å². The Morgan fingerprint density at radius 3 is 2.86 bits per heavy atom. The van der Waals surface area contributed by atoms with Crippen molar-refractivity contribution in [1.82, 2.24) is 0 Å². The molecule has 0 heterocycles. The van der Waals surface area contributed by atoms with Crippen molar-refractivity contribution in [3.05, 3.63) is 28.2 Å². The van der Waals surface area contributed by atoms with Crippen molar-refractivity contribution < 1.29 is 5.11 Å². The summed E-state index contributed by atoms with van der Waals surface area (Å²) in [6, 6.07) is 5.54. The molecule has 0 aliphatic rings. The molecular weight excluding hydrogens is 264 g/mol. The maximum Gasteiger partial charge on any atom is 0.123 e. The number of hydrogen-bond donors (Lipinski definition) is 3. The minimum atomic E-state index is 0.0536. The van der Waals surface area contributed by atoms with E-state index in [1.54, 1.807) is 6.07 Å². The van der Waals surface area contributed by atoms with E-state index in [0.717, 1.165) is 9.37 Å². The quantitative estimate of drug-likeness (QED) is 0.446. The van der Waals surface area contributed by atoms with Crippen molar-refractivity contribution in [2.45, 2.75) is 4.90 Å². The molecule has 0 aromatic heterocycles. The zero-order valence-electron chi connectivity index (χ0n) is 7.46. The molecule has 1 aromatic rings. The van der Waals surface area contributed by atoms with Crippen LogP contribution in [0.1, 0.15) is 5.56 Å². The Morgan fingerprint density at radius 1 is 1.57 bits per heavy atom. The lowest BCUT2D eigenvalue weighted by molar-refractivity contribution is 0.322. The van der Waals surface area contributed by atoms with Gasteiger partial charge in [0.2, 0.25) is 0 Å². The van der Waals surface area contributed by atoms with Gasteiger partial charge in [0.05, 0.1) is 6.61 Å². The van der Waals surface area contributed by atoms with E-state index in [2.05, 4.69) is 15.9 Å². The standard InChI is InChI=1S/C9H11BrN2OS/c10-6-1-2-7(9(11)12)8(5-6)14-4-3-13/h1-2,5,13H,3-4H2,(H3,11,12). The molecule has 0 saturated heterocycles. The largest absolute Gasteiger partial charge is 0.396 e. The number of nitrogens with two attached hydrogens (primary N) is 1. The van der Waals surface area contributed by atoms with E-state index in [0.29, 0.717) is 11.3 Å². The van der Waals surface area contributed by atoms with Crippen LogP contribution in [-0.2, 0) is 0 Å². The average Bonchev–Trinajstić information content (AvgIpc) is 2.14. The van der Waals surface area contributed by atoms with Gasteiger partial charge in [0.1, 0.15) is 5.84 Å². The molecule has 0 bridgehead atoms. The first-order valence-electron chi connectivity index (χ1n) is 4.02. The van der Waals surface area contributed by atoms with Gasteiger partial charge in [-0.25, -0.2) is 0 Å². The second-order valence-electron chi connectivity index (χ2n) is 2.63. The summed E-state index contributed by atoms with van der Waals surface area (Å²) in [4.78, 5) is 0.918. The SMILES string of the molecule is N=C(N)c1ccc(Br)cc1SCCO. The van der Waals surface area contributed by atoms with Crippen molar-refractivity contribution in [3.63, 3.8) is 0 Å². The molecule has 1 rings (SSSR count). The number of benzene rings is 1. The van der Waals surface area contributed by atoms with Crippen LogP contribution >= 0.6 is 27.7 Å². The highest BCUT2D eigenvalue weighted by atomic mass is 79.9. The van der Waals surface area contributed by atoms with Crippen LogP contribution in [0.4, 0.5) is 0 Å². The van der Waals surface area contributed by atoms with Crippen molar-refractivity contribution in [2.24, 2.45) is 5.73 Å². The van der Waals surface area contributed by atoms with Crippen LogP contribution < -0.4 is 5.73 Å². The molecule has 5 heteroatoms. The second kappa shape index (κ2) is 5.38. The van der Waals surface area contributed by atoms with Gasteiger partial charge in [-0.3, -0.25) is 5.41 Å². The Kier molecular flexibility index (Phi) is 4.44. The van der Waals surface area contributed by atoms with Crippen molar-refractivity contribution in [1.29, 1.82) is 5.41 Å². The minimum Gasteiger partial charge on any atom is -0.396 e. The first kappa shape index (κ1) is 11.6. The maximum absolute atomic E-state index is 8.71. The van der Waals surface area contributed by atoms with Gasteiger partial charge in [-0.05, 0) is 18.2 Å². The van der Waals surface area contributed by atoms with E-state index in [1.807, 2.05) is 12.1 Å². The molecule has 0 saturated carbocycles. The van der Waals surface area contributed by atoms with Crippen LogP contribution in [-0.4, -0.2) is 23.3 Å². The van der Waals surface area contributed by atoms with E-state index in [1.165, 1.54) is 11.8 Å². The zero-order chi connectivity index (χ0) is 10.6. The van der Waals surface area contributed by atoms with Crippen molar-refractivity contribution in [2.75, 3.05) is 12.4 Å². The molecule has 0 atom stereocenters. The molecule has 0 aliphatic carbocycles. The van der Waals surface area contributed by atoms with Crippen LogP contribution in [0.25, 0.3) is 0 Å². The minimum absolute atomic E-state index is 0.0536. The van der Waals surface area contributed by atoms with Crippen molar-refractivity contribution in [3.8, 4) is 0 Å². The Balaban J connectivity index is 2.97. The number of nitrogens with one attached hydrogen (secondary N) is 1. The molecule has 0 amide bonds. The summed E-state index contributed by atoms with van der Waals surface area (Å²) in [5.74, 6) is 0.662. The van der Waals surface area contributed by atoms with E-state index in [4.69, 9.17) is 16.2 Å². The highest BCUT2D eigenvalue weighted by molar-refractivity contribution is 9.10. The average molecular weight is 275 g/mol. The lowest BCUT2D eigenvalue weighted by Gasteiger charge is -2.07. The van der Waals surface area contributed by atoms with E-state index >= 15 is 0 Å². The molecule has 0 unspecified atom stereocenters. The first-order valence-corrected chi connectivity index (χ1v) is 5.80. The molecule has 0 radical (unpaired) electrons. The molecule has 76 valence electrons. The third kappa shape index (κ3) is 3.01. The highest BCUT2D eigenvalue weighted by Gasteiger charge is 2.05. The van der Waals surface area contributed by atoms with Crippen LogP contribution in [0, 0.1) is 5.41 Å². The third-order valence-corrected chi connectivity index (χ3v) is 3.11. The Morgan fingerprint density at radius 2 is 2.29 bits per heavy atom. The predicted molar refractivity (Wildman–Crippen MR) is 63.0 cm³/mol. The lowest BCUT2D eigenvalue weighted by Crippen LogP contribution is -2.12. The monoisotopic (exact) mass is 274 g/mol. The molecule has 3 nitrogen and oxygen atoms in total. The van der Waals surface area contributed by atoms with Gasteiger partial charge in [0.25, 0.3) is 0 Å². The van der Waals surface area contributed by atoms with Gasteiger partial charge in [0.15, 0.2) is 0 Å². The zero-order valence-corrected chi connectivity index (χ0v) is 9.86. The first-order chi connectivity index (χ1) is 6.65. The molecule has 0 aliphatic heterocycles. The van der Waals surface area contributed by atoms with Gasteiger partial charge in [-0.15, -0.1) is 11.8 Å². The summed E-state index contributed by atoms with van der Waals surface area (Å²) < 4.78 is 0.947. The maximum atomic E-state index is 8.71. The predicted octanol–water partition coefficient (Wildman–Crippen LogP) is 1.82. The summed E-state index contributed by atoms with van der Waals surface area (Å²) in [5, 5.41) is 16.1. The van der Waals surface area contributed by atoms with Gasteiger partial charge in [0, 0.05) is 20.7 Å². The normalized spacial score (nSPS) is 10.1. The number of nitrogen functional groups attached to an aromatic ring is 1. The number of aliphatic hydroxyl groups excluding tert-OH is 1. The summed E-state index contributed by atoms with van der Waals surface area (Å²) >= 11 is 4.84. The van der Waals surface area contributed by atoms with E-state index in [9.17, 15) is 0 Å². The van der Waals surface area contributed by atoms with Gasteiger partial charge in [-0.1, -0.05) is 15.9 Å². The molecule has 0 spiro atoms. The van der Waals surface area contributed by atoms with Crippen LogP contribution in [0.2, 0.25) is 0 Å². The van der Waals surface area contributed by atoms with Crippen LogP contribution in [0.5, 0.6) is 0 Å². The Bertz CT molecular complexity index is 344. The van der Waals surface area contributed by atoms with Crippen LogP contribution in [0.3, 0.4) is 0 Å². The summed E-state index contributed by atoms with van der Waals surface area (Å²) in [7, 11) is 0. The number of aliphatic hydroxyl groups is 1. The molecule has 1 aromatic carbocycles. The number of hydrogen-bond acceptors (Lipinski definition) is 3. The molecule has 4 N–H and O–H groups in total. The molecule has 0 fully saturated rings. The van der Waals surface area contributed by atoms with E-state index < -0.39 is 0 Å². The smallest absolute Gasteiger partial charge is 0.123 e. The third-order valence-electron chi connectivity index (χ3n) is 1.58. The summed E-state index contributed by atoms with van der Waals surface area (Å²) in [5.41, 5.74) is 6.14. The number of halogens is 1. The fourth-order valence-corrected chi connectivity index (χ4v) is 2.36. The topological polar surface area (TPSA) is 70.1 Å². The number of amidine groups is 1. The summed E-state index contributed by atoms with van der Waals surface area (Å²) in [6.45, 7) is 0.120. The Hall–Kier alpha value is -0.520. The van der Waals surface area contributed by atoms with Crippen molar-refractivity contribution >= 4 is 33.5 Å². The fourth-order valence-electron chi connectivity index (χ4n) is 0.994. The second-order valence-corrected chi connectivity index (χ2v) is 4.68. The fraction of sp³-hybridized carbons (Fsp3) is 0.222. The summed E-state index contributed by atoms with van der Waals surface area (Å²) in [6.07, 6.45) is 0. The number of thioether (sulfide) groups is 1. The van der Waals surface area contributed by atoms with Gasteiger partial charge < -0.3 is 10.8 Å². The van der Waals surface area contributed by atoms with Gasteiger partial charge in [-0.2, -0.15) is 0 Å². The molecular formula is C9H11BrN2OS. The highest BCUT2D eigenvalue weighted by Crippen LogP contribution is 2.25. The van der Waals surface area contributed by atoms with E-state index in [-0.39, 0.29) is 12.4 Å². The Labute approximate surface area is 95.3 Å².